The molecule has 3 N–H and O–H groups in total. The van der Waals surface area contributed by atoms with Crippen LogP contribution in [0, 0.1) is 6.92 Å². The quantitative estimate of drug-likeness (QED) is 0.836. The van der Waals surface area contributed by atoms with Gasteiger partial charge in [0.2, 0.25) is 0 Å². The lowest BCUT2D eigenvalue weighted by atomic mass is 10.1. The standard InChI is InChI=1S/C14H12F3N3O/c1-8-6-9(4-5-19-8)13(21)20-12-3-2-10(7-11(12)18)14(15,16)17/h2-7H,18H2,1H3,(H,20,21). The van der Waals surface area contributed by atoms with Crippen LogP contribution >= 0.6 is 0 Å². The Balaban J connectivity index is 2.22. The third-order valence-electron chi connectivity index (χ3n) is 2.79. The van der Waals surface area contributed by atoms with Crippen molar-refractivity contribution in [2.45, 2.75) is 13.1 Å². The normalized spacial score (nSPS) is 11.2. The number of carbonyl (C=O) groups excluding carboxylic acids is 1. The van der Waals surface area contributed by atoms with Crippen molar-refractivity contribution < 1.29 is 18.0 Å². The van der Waals surface area contributed by atoms with Crippen LogP contribution in [0.15, 0.2) is 36.5 Å². The maximum Gasteiger partial charge on any atom is 0.416 e. The number of pyridine rings is 1. The van der Waals surface area contributed by atoms with Crippen LogP contribution in [0.2, 0.25) is 0 Å². The molecule has 0 aliphatic rings. The highest BCUT2D eigenvalue weighted by Crippen LogP contribution is 2.32. The summed E-state index contributed by atoms with van der Waals surface area (Å²) in [6.45, 7) is 1.73. The van der Waals surface area contributed by atoms with Crippen LogP contribution in [0.5, 0.6) is 0 Å². The molecule has 1 heterocycles. The lowest BCUT2D eigenvalue weighted by Crippen LogP contribution is -2.14. The molecule has 21 heavy (non-hydrogen) atoms. The second-order valence-electron chi connectivity index (χ2n) is 4.44. The van der Waals surface area contributed by atoms with Gasteiger partial charge in [-0.05, 0) is 37.3 Å². The Bertz CT molecular complexity index is 683. The fraction of sp³-hybridized carbons (Fsp3) is 0.143. The largest absolute Gasteiger partial charge is 0.416 e. The molecule has 4 nitrogen and oxygen atoms in total. The number of alkyl halides is 3. The number of nitrogens with one attached hydrogen (secondary N) is 1. The van der Waals surface area contributed by atoms with Crippen molar-refractivity contribution in [3.8, 4) is 0 Å². The van der Waals surface area contributed by atoms with Gasteiger partial charge in [0.25, 0.3) is 5.91 Å². The lowest BCUT2D eigenvalue weighted by Gasteiger charge is -2.12. The molecule has 1 aromatic carbocycles. The van der Waals surface area contributed by atoms with Crippen LogP contribution in [-0.4, -0.2) is 10.9 Å². The van der Waals surface area contributed by atoms with E-state index < -0.39 is 17.6 Å². The van der Waals surface area contributed by atoms with Gasteiger partial charge in [0.05, 0.1) is 16.9 Å². The summed E-state index contributed by atoms with van der Waals surface area (Å²) in [5.74, 6) is -0.466. The van der Waals surface area contributed by atoms with Crippen LogP contribution < -0.4 is 11.1 Å². The number of benzene rings is 1. The number of hydrogen-bond donors (Lipinski definition) is 2. The number of aromatic nitrogens is 1. The maximum atomic E-state index is 12.5. The van der Waals surface area contributed by atoms with E-state index in [0.717, 1.165) is 18.2 Å². The number of nitrogens with zero attached hydrogens (tertiary/aromatic N) is 1. The molecule has 0 saturated heterocycles. The van der Waals surface area contributed by atoms with Gasteiger partial charge in [-0.15, -0.1) is 0 Å². The fourth-order valence-electron chi connectivity index (χ4n) is 1.73. The van der Waals surface area contributed by atoms with Crippen molar-refractivity contribution in [3.63, 3.8) is 0 Å². The summed E-state index contributed by atoms with van der Waals surface area (Å²) in [6.07, 6.45) is -3.00. The molecule has 2 rings (SSSR count). The summed E-state index contributed by atoms with van der Waals surface area (Å²) < 4.78 is 37.6. The van der Waals surface area contributed by atoms with E-state index >= 15 is 0 Å². The number of nitrogen functional groups attached to an aromatic ring is 1. The molecule has 0 saturated carbocycles. The van der Waals surface area contributed by atoms with Crippen LogP contribution in [0.3, 0.4) is 0 Å². The third kappa shape index (κ3) is 3.50. The minimum absolute atomic E-state index is 0.127. The van der Waals surface area contributed by atoms with E-state index in [1.165, 1.54) is 12.3 Å². The van der Waals surface area contributed by atoms with E-state index in [1.807, 2.05) is 0 Å². The van der Waals surface area contributed by atoms with Gasteiger partial charge < -0.3 is 11.1 Å². The van der Waals surface area contributed by atoms with Crippen molar-refractivity contribution in [2.75, 3.05) is 11.1 Å². The highest BCUT2D eigenvalue weighted by atomic mass is 19.4. The minimum Gasteiger partial charge on any atom is -0.397 e. The van der Waals surface area contributed by atoms with Crippen molar-refractivity contribution in [3.05, 3.63) is 53.3 Å². The molecule has 0 unspecified atom stereocenters. The number of hydrogen-bond acceptors (Lipinski definition) is 3. The van der Waals surface area contributed by atoms with Crippen LogP contribution in [0.4, 0.5) is 24.5 Å². The van der Waals surface area contributed by atoms with Crippen LogP contribution in [0.1, 0.15) is 21.6 Å². The highest BCUT2D eigenvalue weighted by molar-refractivity contribution is 6.05. The molecule has 1 amide bonds. The molecule has 110 valence electrons. The molecule has 0 radical (unpaired) electrons. The van der Waals surface area contributed by atoms with E-state index in [4.69, 9.17) is 5.73 Å². The van der Waals surface area contributed by atoms with Gasteiger partial charge in [-0.25, -0.2) is 0 Å². The zero-order chi connectivity index (χ0) is 15.6. The fourth-order valence-corrected chi connectivity index (χ4v) is 1.73. The number of halogens is 3. The lowest BCUT2D eigenvalue weighted by molar-refractivity contribution is -0.137. The third-order valence-corrected chi connectivity index (χ3v) is 2.79. The average Bonchev–Trinajstić information content (AvgIpc) is 2.39. The number of amides is 1. The molecular weight excluding hydrogens is 283 g/mol. The maximum absolute atomic E-state index is 12.5. The highest BCUT2D eigenvalue weighted by Gasteiger charge is 2.30. The van der Waals surface area contributed by atoms with Gasteiger partial charge in [0, 0.05) is 17.5 Å². The Morgan fingerprint density at radius 2 is 1.95 bits per heavy atom. The second kappa shape index (κ2) is 5.43. The molecule has 2 aromatic rings. The average molecular weight is 295 g/mol. The first-order chi connectivity index (χ1) is 9.77. The molecule has 0 aliphatic carbocycles. The summed E-state index contributed by atoms with van der Waals surface area (Å²) in [5.41, 5.74) is 5.67. The van der Waals surface area contributed by atoms with Gasteiger partial charge in [-0.2, -0.15) is 13.2 Å². The predicted octanol–water partition coefficient (Wildman–Crippen LogP) is 3.24. The van der Waals surface area contributed by atoms with Gasteiger partial charge in [-0.1, -0.05) is 0 Å². The van der Waals surface area contributed by atoms with Crippen molar-refractivity contribution >= 4 is 17.3 Å². The Morgan fingerprint density at radius 3 is 2.52 bits per heavy atom. The first-order valence-electron chi connectivity index (χ1n) is 5.98. The smallest absolute Gasteiger partial charge is 0.397 e. The molecule has 0 bridgehead atoms. The Hall–Kier alpha value is -2.57. The zero-order valence-corrected chi connectivity index (χ0v) is 11.0. The molecule has 0 atom stereocenters. The van der Waals surface area contributed by atoms with Crippen LogP contribution in [-0.2, 0) is 6.18 Å². The molecule has 0 spiro atoms. The number of rotatable bonds is 2. The zero-order valence-electron chi connectivity index (χ0n) is 11.0. The van der Waals surface area contributed by atoms with Gasteiger partial charge >= 0.3 is 6.18 Å². The molecule has 0 fully saturated rings. The second-order valence-corrected chi connectivity index (χ2v) is 4.44. The summed E-state index contributed by atoms with van der Waals surface area (Å²) in [6, 6.07) is 5.85. The summed E-state index contributed by atoms with van der Waals surface area (Å²) in [4.78, 5) is 15.9. The van der Waals surface area contributed by atoms with E-state index in [2.05, 4.69) is 10.3 Å². The molecule has 7 heteroatoms. The van der Waals surface area contributed by atoms with Crippen molar-refractivity contribution in [1.82, 2.24) is 4.98 Å². The first kappa shape index (κ1) is 14.8. The molecular formula is C14H12F3N3O. The summed E-state index contributed by atoms with van der Waals surface area (Å²) in [7, 11) is 0. The predicted molar refractivity (Wildman–Crippen MR) is 72.8 cm³/mol. The summed E-state index contributed by atoms with van der Waals surface area (Å²) in [5, 5.41) is 2.47. The van der Waals surface area contributed by atoms with E-state index in [-0.39, 0.29) is 11.4 Å². The number of carbonyl (C=O) groups is 1. The summed E-state index contributed by atoms with van der Waals surface area (Å²) >= 11 is 0. The van der Waals surface area contributed by atoms with Crippen molar-refractivity contribution in [2.24, 2.45) is 0 Å². The van der Waals surface area contributed by atoms with Gasteiger partial charge in [0.15, 0.2) is 0 Å². The number of anilines is 2. The molecule has 0 aliphatic heterocycles. The van der Waals surface area contributed by atoms with Crippen molar-refractivity contribution in [1.29, 1.82) is 0 Å². The molecule has 1 aromatic heterocycles. The Labute approximate surface area is 118 Å². The van der Waals surface area contributed by atoms with Gasteiger partial charge in [-0.3, -0.25) is 9.78 Å². The Morgan fingerprint density at radius 1 is 1.24 bits per heavy atom. The topological polar surface area (TPSA) is 68.0 Å². The van der Waals surface area contributed by atoms with E-state index in [0.29, 0.717) is 11.3 Å². The first-order valence-corrected chi connectivity index (χ1v) is 5.98. The van der Waals surface area contributed by atoms with Gasteiger partial charge in [0.1, 0.15) is 0 Å². The number of nitrogens with two attached hydrogens (primary N) is 1. The minimum atomic E-state index is -4.47. The monoisotopic (exact) mass is 295 g/mol. The SMILES string of the molecule is Cc1cc(C(=O)Nc2ccc(C(F)(F)F)cc2N)ccn1. The van der Waals surface area contributed by atoms with Crippen LogP contribution in [0.25, 0.3) is 0 Å². The van der Waals surface area contributed by atoms with E-state index in [1.54, 1.807) is 13.0 Å². The van der Waals surface area contributed by atoms with E-state index in [9.17, 15) is 18.0 Å². The number of aryl methyl sites for hydroxylation is 1. The Kier molecular flexibility index (Phi) is 3.84.